The van der Waals surface area contributed by atoms with Gasteiger partial charge < -0.3 is 9.47 Å². The average Bonchev–Trinajstić information content (AvgIpc) is 2.51. The number of hydrogen-bond donors (Lipinski definition) is 0. The maximum atomic E-state index is 12.2. The normalized spacial score (nSPS) is 10.4. The van der Waals surface area contributed by atoms with Crippen LogP contribution in [0.15, 0.2) is 36.4 Å². The van der Waals surface area contributed by atoms with Gasteiger partial charge in [0.05, 0.1) is 19.2 Å². The van der Waals surface area contributed by atoms with Crippen LogP contribution >= 0.6 is 23.2 Å². The van der Waals surface area contributed by atoms with E-state index in [2.05, 4.69) is 0 Å². The molecule has 0 radical (unpaired) electrons. The highest BCUT2D eigenvalue weighted by Crippen LogP contribution is 2.37. The van der Waals surface area contributed by atoms with Crippen molar-refractivity contribution in [2.45, 2.75) is 12.8 Å². The van der Waals surface area contributed by atoms with Crippen LogP contribution in [0.5, 0.6) is 11.5 Å². The molecule has 5 heteroatoms. The molecule has 0 atom stereocenters. The van der Waals surface area contributed by atoms with Gasteiger partial charge in [-0.3, -0.25) is 4.79 Å². The third kappa shape index (κ3) is 3.93. The number of benzene rings is 2. The quantitative estimate of drug-likeness (QED) is 0.784. The molecule has 2 rings (SSSR count). The molecule has 2 aromatic rings. The first-order valence-electron chi connectivity index (χ1n) is 6.70. The predicted octanol–water partition coefficient (Wildman–Crippen LogP) is 4.36. The lowest BCUT2D eigenvalue weighted by Gasteiger charge is -2.12. The number of hydrogen-bond acceptors (Lipinski definition) is 3. The second kappa shape index (κ2) is 7.52. The molecule has 0 spiro atoms. The third-order valence-corrected chi connectivity index (χ3v) is 3.93. The minimum absolute atomic E-state index is 0.0662. The average molecular weight is 339 g/mol. The van der Waals surface area contributed by atoms with E-state index in [1.54, 1.807) is 31.4 Å². The Morgan fingerprint density at radius 3 is 2.23 bits per heavy atom. The molecule has 22 heavy (non-hydrogen) atoms. The van der Waals surface area contributed by atoms with E-state index < -0.39 is 0 Å². The van der Waals surface area contributed by atoms with Gasteiger partial charge in [-0.2, -0.15) is 0 Å². The molecule has 2 aromatic carbocycles. The van der Waals surface area contributed by atoms with E-state index in [9.17, 15) is 4.79 Å². The molecule has 0 N–H and O–H groups in total. The fraction of sp³-hybridized carbons (Fsp3) is 0.235. The summed E-state index contributed by atoms with van der Waals surface area (Å²) < 4.78 is 10.4. The van der Waals surface area contributed by atoms with Crippen molar-refractivity contribution in [2.24, 2.45) is 0 Å². The number of Topliss-reactive ketones (excluding diaryl/α,β-unsaturated/α-hetero) is 1. The summed E-state index contributed by atoms with van der Waals surface area (Å²) in [6, 6.07) is 10.8. The highest BCUT2D eigenvalue weighted by molar-refractivity contribution is 6.33. The largest absolute Gasteiger partial charge is 0.493 e. The van der Waals surface area contributed by atoms with Gasteiger partial charge in [0.1, 0.15) is 5.78 Å². The first-order chi connectivity index (χ1) is 10.5. The Morgan fingerprint density at radius 2 is 1.64 bits per heavy atom. The Hall–Kier alpha value is -1.71. The number of methoxy groups -OCH3 is 2. The molecule has 116 valence electrons. The number of ether oxygens (including phenoxy) is 2. The highest BCUT2D eigenvalue weighted by atomic mass is 35.5. The number of carbonyl (C=O) groups excluding carboxylic acids is 1. The van der Waals surface area contributed by atoms with Crippen LogP contribution < -0.4 is 9.47 Å². The van der Waals surface area contributed by atoms with Crippen molar-refractivity contribution < 1.29 is 14.3 Å². The van der Waals surface area contributed by atoms with E-state index in [0.29, 0.717) is 28.0 Å². The molecule has 3 nitrogen and oxygen atoms in total. The standard InChI is InChI=1S/C17H16Cl2O3/c1-21-15-8-5-12(16(19)17(15)22-2)10-14(20)9-11-3-6-13(18)7-4-11/h3-8H,9-10H2,1-2H3. The number of carbonyl (C=O) groups is 1. The topological polar surface area (TPSA) is 35.5 Å². The van der Waals surface area contributed by atoms with Gasteiger partial charge >= 0.3 is 0 Å². The van der Waals surface area contributed by atoms with Crippen LogP contribution in [0.3, 0.4) is 0 Å². The summed E-state index contributed by atoms with van der Waals surface area (Å²) in [6.07, 6.45) is 0.573. The van der Waals surface area contributed by atoms with Crippen LogP contribution in [0.1, 0.15) is 11.1 Å². The Labute approximate surface area is 139 Å². The fourth-order valence-electron chi connectivity index (χ4n) is 2.17. The Balaban J connectivity index is 2.13. The van der Waals surface area contributed by atoms with E-state index in [-0.39, 0.29) is 12.2 Å². The molecule has 0 saturated carbocycles. The van der Waals surface area contributed by atoms with E-state index >= 15 is 0 Å². The van der Waals surface area contributed by atoms with Crippen LogP contribution in [-0.2, 0) is 17.6 Å². The molecule has 0 unspecified atom stereocenters. The summed E-state index contributed by atoms with van der Waals surface area (Å²) in [6.45, 7) is 0. The summed E-state index contributed by atoms with van der Waals surface area (Å²) >= 11 is 12.1. The van der Waals surface area contributed by atoms with Crippen molar-refractivity contribution in [3.05, 3.63) is 57.6 Å². The van der Waals surface area contributed by atoms with Crippen LogP contribution in [0.4, 0.5) is 0 Å². The third-order valence-electron chi connectivity index (χ3n) is 3.27. The zero-order valence-electron chi connectivity index (χ0n) is 12.4. The molecule has 0 amide bonds. The Kier molecular flexibility index (Phi) is 5.69. The van der Waals surface area contributed by atoms with Crippen molar-refractivity contribution >= 4 is 29.0 Å². The molecule has 0 saturated heterocycles. The van der Waals surface area contributed by atoms with Crippen LogP contribution in [0.25, 0.3) is 0 Å². The first-order valence-corrected chi connectivity index (χ1v) is 7.46. The lowest BCUT2D eigenvalue weighted by Crippen LogP contribution is -2.07. The smallest absolute Gasteiger partial charge is 0.179 e. The minimum Gasteiger partial charge on any atom is -0.493 e. The van der Waals surface area contributed by atoms with Crippen LogP contribution in [-0.4, -0.2) is 20.0 Å². The Bertz CT molecular complexity index is 666. The van der Waals surface area contributed by atoms with Crippen LogP contribution in [0.2, 0.25) is 10.0 Å². The van der Waals surface area contributed by atoms with Gasteiger partial charge in [-0.25, -0.2) is 0 Å². The molecule has 0 heterocycles. The molecule has 0 aliphatic rings. The van der Waals surface area contributed by atoms with Gasteiger partial charge in [0.2, 0.25) is 0 Å². The van der Waals surface area contributed by atoms with Crippen molar-refractivity contribution in [2.75, 3.05) is 14.2 Å². The van der Waals surface area contributed by atoms with Gasteiger partial charge in [0.15, 0.2) is 11.5 Å². The van der Waals surface area contributed by atoms with E-state index in [1.165, 1.54) is 7.11 Å². The number of rotatable bonds is 6. The molecule has 0 bridgehead atoms. The molecule has 0 aliphatic heterocycles. The molecule has 0 fully saturated rings. The number of halogens is 2. The predicted molar refractivity (Wildman–Crippen MR) is 88.4 cm³/mol. The van der Waals surface area contributed by atoms with Crippen molar-refractivity contribution in [1.29, 1.82) is 0 Å². The first kappa shape index (κ1) is 16.7. The summed E-state index contributed by atoms with van der Waals surface area (Å²) in [5, 5.41) is 1.06. The lowest BCUT2D eigenvalue weighted by molar-refractivity contribution is -0.117. The second-order valence-corrected chi connectivity index (χ2v) is 5.61. The summed E-state index contributed by atoms with van der Waals surface area (Å²) in [7, 11) is 3.06. The van der Waals surface area contributed by atoms with Gasteiger partial charge in [-0.1, -0.05) is 41.4 Å². The monoisotopic (exact) mass is 338 g/mol. The van der Waals surface area contributed by atoms with Gasteiger partial charge in [-0.05, 0) is 29.3 Å². The molecular formula is C17H16Cl2O3. The number of ketones is 1. The molecule has 0 aromatic heterocycles. The van der Waals surface area contributed by atoms with Crippen molar-refractivity contribution in [3.63, 3.8) is 0 Å². The van der Waals surface area contributed by atoms with Gasteiger partial charge in [-0.15, -0.1) is 0 Å². The van der Waals surface area contributed by atoms with Crippen molar-refractivity contribution in [1.82, 2.24) is 0 Å². The highest BCUT2D eigenvalue weighted by Gasteiger charge is 2.15. The maximum absolute atomic E-state index is 12.2. The Morgan fingerprint density at radius 1 is 0.955 bits per heavy atom. The van der Waals surface area contributed by atoms with Crippen molar-refractivity contribution in [3.8, 4) is 11.5 Å². The summed E-state index contributed by atoms with van der Waals surface area (Å²) in [4.78, 5) is 12.2. The summed E-state index contributed by atoms with van der Waals surface area (Å²) in [5.41, 5.74) is 1.64. The van der Waals surface area contributed by atoms with E-state index in [4.69, 9.17) is 32.7 Å². The van der Waals surface area contributed by atoms with E-state index in [1.807, 2.05) is 12.1 Å². The zero-order chi connectivity index (χ0) is 16.1. The summed E-state index contributed by atoms with van der Waals surface area (Å²) in [5.74, 6) is 1.05. The van der Waals surface area contributed by atoms with Gasteiger partial charge in [0.25, 0.3) is 0 Å². The van der Waals surface area contributed by atoms with E-state index in [0.717, 1.165) is 11.1 Å². The lowest BCUT2D eigenvalue weighted by atomic mass is 10.0. The van der Waals surface area contributed by atoms with Gasteiger partial charge in [0, 0.05) is 17.9 Å². The molecule has 0 aliphatic carbocycles. The molecular weight excluding hydrogens is 323 g/mol. The minimum atomic E-state index is 0.0662. The fourth-order valence-corrected chi connectivity index (χ4v) is 2.60. The SMILES string of the molecule is COc1ccc(CC(=O)Cc2ccc(Cl)cc2)c(Cl)c1OC. The van der Waals surface area contributed by atoms with Crippen LogP contribution in [0, 0.1) is 0 Å². The maximum Gasteiger partial charge on any atom is 0.179 e. The second-order valence-electron chi connectivity index (χ2n) is 4.79. The zero-order valence-corrected chi connectivity index (χ0v) is 13.9.